The van der Waals surface area contributed by atoms with Gasteiger partial charge in [-0.3, -0.25) is 4.79 Å². The topological polar surface area (TPSA) is 46.9 Å². The summed E-state index contributed by atoms with van der Waals surface area (Å²) in [6.45, 7) is 6.06. The van der Waals surface area contributed by atoms with Crippen LogP contribution in [-0.4, -0.2) is 21.7 Å². The van der Waals surface area contributed by atoms with Gasteiger partial charge in [-0.15, -0.1) is 11.3 Å². The van der Waals surface area contributed by atoms with Crippen molar-refractivity contribution in [1.29, 1.82) is 0 Å². The van der Waals surface area contributed by atoms with Crippen LogP contribution in [0.1, 0.15) is 35.6 Å². The molecule has 4 nitrogen and oxygen atoms in total. The third-order valence-electron chi connectivity index (χ3n) is 3.76. The fourth-order valence-corrected chi connectivity index (χ4v) is 3.39. The van der Waals surface area contributed by atoms with Crippen molar-refractivity contribution in [3.8, 4) is 5.69 Å². The van der Waals surface area contributed by atoms with Gasteiger partial charge in [0, 0.05) is 11.4 Å². The molecule has 2 heterocycles. The number of carbonyl (C=O) groups excluding carboxylic acids is 1. The highest BCUT2D eigenvalue weighted by Crippen LogP contribution is 2.30. The molecule has 2 aromatic heterocycles. The molecule has 1 unspecified atom stereocenters. The number of hydrogen-bond acceptors (Lipinski definition) is 3. The molecule has 0 fully saturated rings. The van der Waals surface area contributed by atoms with E-state index in [4.69, 9.17) is 0 Å². The van der Waals surface area contributed by atoms with E-state index in [-0.39, 0.29) is 11.9 Å². The summed E-state index contributed by atoms with van der Waals surface area (Å²) in [4.78, 5) is 14.1. The van der Waals surface area contributed by atoms with E-state index in [1.54, 1.807) is 0 Å². The minimum absolute atomic E-state index is 0.00504. The summed E-state index contributed by atoms with van der Waals surface area (Å²) < 4.78 is 1.91. The Balaban J connectivity index is 2.02. The van der Waals surface area contributed by atoms with Crippen LogP contribution in [-0.2, 0) is 0 Å². The quantitative estimate of drug-likeness (QED) is 0.793. The van der Waals surface area contributed by atoms with Crippen molar-refractivity contribution in [3.63, 3.8) is 0 Å². The lowest BCUT2D eigenvalue weighted by molar-refractivity contribution is 0.0943. The molecule has 0 saturated heterocycles. The normalized spacial score (nSPS) is 12.5. The maximum atomic E-state index is 12.3. The number of hydrogen-bond donors (Lipinski definition) is 1. The second kappa shape index (κ2) is 5.93. The van der Waals surface area contributed by atoms with Crippen LogP contribution in [0, 0.1) is 6.92 Å². The summed E-state index contributed by atoms with van der Waals surface area (Å²) in [5, 5.41) is 8.65. The Kier molecular flexibility index (Phi) is 3.98. The highest BCUT2D eigenvalue weighted by molar-refractivity contribution is 7.20. The summed E-state index contributed by atoms with van der Waals surface area (Å²) >= 11 is 1.49. The zero-order valence-electron chi connectivity index (χ0n) is 13.0. The molecule has 0 aliphatic carbocycles. The summed E-state index contributed by atoms with van der Waals surface area (Å²) in [5.74, 6) is -0.00504. The number of nitrogens with zero attached hydrogens (tertiary/aromatic N) is 2. The zero-order chi connectivity index (χ0) is 15.7. The van der Waals surface area contributed by atoms with Crippen LogP contribution in [0.15, 0.2) is 36.4 Å². The van der Waals surface area contributed by atoms with Crippen LogP contribution in [0.3, 0.4) is 0 Å². The first kappa shape index (κ1) is 14.8. The number of aromatic nitrogens is 2. The van der Waals surface area contributed by atoms with E-state index < -0.39 is 0 Å². The van der Waals surface area contributed by atoms with Crippen molar-refractivity contribution in [2.75, 3.05) is 0 Å². The Labute approximate surface area is 133 Å². The number of nitrogens with one attached hydrogen (secondary N) is 1. The van der Waals surface area contributed by atoms with Gasteiger partial charge in [0.2, 0.25) is 0 Å². The zero-order valence-corrected chi connectivity index (χ0v) is 13.8. The molecule has 0 aliphatic rings. The van der Waals surface area contributed by atoms with Crippen molar-refractivity contribution in [2.45, 2.75) is 33.2 Å². The lowest BCUT2D eigenvalue weighted by atomic mass is 10.2. The molecule has 114 valence electrons. The molecule has 3 rings (SSSR count). The molecule has 1 atom stereocenters. The number of thiophene rings is 1. The molecule has 1 aromatic carbocycles. The van der Waals surface area contributed by atoms with Gasteiger partial charge in [0.1, 0.15) is 4.83 Å². The van der Waals surface area contributed by atoms with Crippen LogP contribution < -0.4 is 5.32 Å². The van der Waals surface area contributed by atoms with E-state index in [0.717, 1.165) is 32.9 Å². The predicted molar refractivity (Wildman–Crippen MR) is 90.9 cm³/mol. The average Bonchev–Trinajstić information content (AvgIpc) is 3.09. The second-order valence-corrected chi connectivity index (χ2v) is 6.48. The number of aryl methyl sites for hydroxylation is 1. The number of para-hydroxylation sites is 1. The lowest BCUT2D eigenvalue weighted by Gasteiger charge is -2.09. The summed E-state index contributed by atoms with van der Waals surface area (Å²) in [7, 11) is 0. The van der Waals surface area contributed by atoms with E-state index in [0.29, 0.717) is 0 Å². The van der Waals surface area contributed by atoms with E-state index in [2.05, 4.69) is 17.3 Å². The van der Waals surface area contributed by atoms with Crippen LogP contribution in [0.25, 0.3) is 15.9 Å². The molecule has 0 aliphatic heterocycles. The van der Waals surface area contributed by atoms with Crippen molar-refractivity contribution in [1.82, 2.24) is 15.1 Å². The van der Waals surface area contributed by atoms with Gasteiger partial charge in [-0.1, -0.05) is 25.1 Å². The van der Waals surface area contributed by atoms with Crippen LogP contribution in [0.2, 0.25) is 0 Å². The SMILES string of the molecule is CCC(C)NC(=O)c1cc2c(C)nn(-c3ccccc3)c2s1. The van der Waals surface area contributed by atoms with Gasteiger partial charge in [0.15, 0.2) is 0 Å². The van der Waals surface area contributed by atoms with Gasteiger partial charge in [0.25, 0.3) is 5.91 Å². The van der Waals surface area contributed by atoms with E-state index in [1.807, 2.05) is 54.9 Å². The van der Waals surface area contributed by atoms with Gasteiger partial charge in [-0.25, -0.2) is 4.68 Å². The van der Waals surface area contributed by atoms with Gasteiger partial charge in [0.05, 0.1) is 16.3 Å². The van der Waals surface area contributed by atoms with Crippen molar-refractivity contribution < 1.29 is 4.79 Å². The Bertz CT molecular complexity index is 804. The summed E-state index contributed by atoms with van der Waals surface area (Å²) in [6, 6.07) is 12.1. The van der Waals surface area contributed by atoms with Crippen LogP contribution in [0.5, 0.6) is 0 Å². The van der Waals surface area contributed by atoms with Crippen LogP contribution >= 0.6 is 11.3 Å². The van der Waals surface area contributed by atoms with Gasteiger partial charge in [-0.05, 0) is 38.5 Å². The summed E-state index contributed by atoms with van der Waals surface area (Å²) in [5.41, 5.74) is 1.95. The highest BCUT2D eigenvalue weighted by Gasteiger charge is 2.17. The molecule has 0 radical (unpaired) electrons. The smallest absolute Gasteiger partial charge is 0.261 e. The number of rotatable bonds is 4. The molecule has 3 aromatic rings. The van der Waals surface area contributed by atoms with Gasteiger partial charge in [-0.2, -0.15) is 5.10 Å². The van der Waals surface area contributed by atoms with Gasteiger partial charge >= 0.3 is 0 Å². The highest BCUT2D eigenvalue weighted by atomic mass is 32.1. The first-order valence-corrected chi connectivity index (χ1v) is 8.27. The molecular weight excluding hydrogens is 294 g/mol. The van der Waals surface area contributed by atoms with Crippen molar-refractivity contribution in [2.24, 2.45) is 0 Å². The predicted octanol–water partition coefficient (Wildman–Crippen LogP) is 3.92. The van der Waals surface area contributed by atoms with Crippen molar-refractivity contribution in [3.05, 3.63) is 47.0 Å². The Morgan fingerprint density at radius 2 is 2.09 bits per heavy atom. The molecule has 0 bridgehead atoms. The van der Waals surface area contributed by atoms with E-state index >= 15 is 0 Å². The molecule has 22 heavy (non-hydrogen) atoms. The monoisotopic (exact) mass is 313 g/mol. The Morgan fingerprint density at radius 3 is 2.77 bits per heavy atom. The number of fused-ring (bicyclic) bond motifs is 1. The van der Waals surface area contributed by atoms with Crippen LogP contribution in [0.4, 0.5) is 0 Å². The number of carbonyl (C=O) groups is 1. The molecule has 0 spiro atoms. The minimum atomic E-state index is -0.00504. The number of benzene rings is 1. The maximum Gasteiger partial charge on any atom is 0.261 e. The van der Waals surface area contributed by atoms with E-state index in [1.165, 1.54) is 11.3 Å². The third-order valence-corrected chi connectivity index (χ3v) is 4.87. The van der Waals surface area contributed by atoms with Crippen molar-refractivity contribution >= 4 is 27.5 Å². The number of amides is 1. The second-order valence-electron chi connectivity index (χ2n) is 5.44. The first-order valence-electron chi connectivity index (χ1n) is 7.45. The molecule has 0 saturated carbocycles. The standard InChI is InChI=1S/C17H19N3OS/c1-4-11(2)18-16(21)15-10-14-12(3)19-20(17(14)22-15)13-8-6-5-7-9-13/h5-11H,4H2,1-3H3,(H,18,21). The average molecular weight is 313 g/mol. The molecule has 5 heteroatoms. The third kappa shape index (κ3) is 2.64. The first-order chi connectivity index (χ1) is 10.6. The fraction of sp³-hybridized carbons (Fsp3) is 0.294. The van der Waals surface area contributed by atoms with E-state index in [9.17, 15) is 4.79 Å². The molecule has 1 N–H and O–H groups in total. The minimum Gasteiger partial charge on any atom is -0.349 e. The van der Waals surface area contributed by atoms with Gasteiger partial charge < -0.3 is 5.32 Å². The molecule has 1 amide bonds. The fourth-order valence-electron chi connectivity index (χ4n) is 2.30. The lowest BCUT2D eigenvalue weighted by Crippen LogP contribution is -2.31. The molecular formula is C17H19N3OS. The Morgan fingerprint density at radius 1 is 1.36 bits per heavy atom. The Hall–Kier alpha value is -2.14. The largest absolute Gasteiger partial charge is 0.349 e. The summed E-state index contributed by atoms with van der Waals surface area (Å²) in [6.07, 6.45) is 0.924. The maximum absolute atomic E-state index is 12.3.